The van der Waals surface area contributed by atoms with Crippen molar-refractivity contribution < 1.29 is 4.79 Å². The second-order valence-electron chi connectivity index (χ2n) is 7.14. The third kappa shape index (κ3) is 2.96. The van der Waals surface area contributed by atoms with Crippen LogP contribution in [0.25, 0.3) is 0 Å². The van der Waals surface area contributed by atoms with Gasteiger partial charge in [0, 0.05) is 57.4 Å². The average Bonchev–Trinajstić information content (AvgIpc) is 3.34. The first-order chi connectivity index (χ1) is 11.6. The lowest BCUT2D eigenvalue weighted by molar-refractivity contribution is 0.0827. The van der Waals surface area contributed by atoms with E-state index in [2.05, 4.69) is 20.5 Å². The molecular weight excluding hydrogens is 300 g/mol. The van der Waals surface area contributed by atoms with Crippen molar-refractivity contribution in [2.24, 2.45) is 0 Å². The number of amides is 1. The smallest absolute Gasteiger partial charge is 0.253 e. The number of rotatable bonds is 4. The van der Waals surface area contributed by atoms with E-state index in [1.807, 2.05) is 24.5 Å². The van der Waals surface area contributed by atoms with Gasteiger partial charge in [0.1, 0.15) is 0 Å². The number of benzene rings is 1. The summed E-state index contributed by atoms with van der Waals surface area (Å²) in [6.07, 6.45) is 5.71. The van der Waals surface area contributed by atoms with Crippen LogP contribution in [-0.4, -0.2) is 45.9 Å². The van der Waals surface area contributed by atoms with Gasteiger partial charge in [-0.1, -0.05) is 12.1 Å². The van der Waals surface area contributed by atoms with Crippen molar-refractivity contribution in [3.8, 4) is 0 Å². The maximum Gasteiger partial charge on any atom is 0.253 e. The van der Waals surface area contributed by atoms with Gasteiger partial charge < -0.3 is 9.47 Å². The molecule has 1 aliphatic heterocycles. The Morgan fingerprint density at radius 3 is 2.92 bits per heavy atom. The lowest BCUT2D eigenvalue weighted by Gasteiger charge is -2.27. The molecule has 0 radical (unpaired) electrons. The molecule has 1 aliphatic carbocycles. The third-order valence-corrected chi connectivity index (χ3v) is 4.95. The minimum Gasteiger partial charge on any atom is -0.345 e. The molecule has 0 N–H and O–H groups in total. The van der Waals surface area contributed by atoms with Gasteiger partial charge in [0.15, 0.2) is 0 Å². The molecule has 0 atom stereocenters. The van der Waals surface area contributed by atoms with E-state index >= 15 is 0 Å². The van der Waals surface area contributed by atoms with Gasteiger partial charge in [-0.2, -0.15) is 0 Å². The van der Waals surface area contributed by atoms with Gasteiger partial charge in [0.05, 0.1) is 12.0 Å². The second kappa shape index (κ2) is 6.06. The van der Waals surface area contributed by atoms with Gasteiger partial charge >= 0.3 is 0 Å². The molecule has 1 aromatic carbocycles. The summed E-state index contributed by atoms with van der Waals surface area (Å²) in [5.41, 5.74) is 4.61. The van der Waals surface area contributed by atoms with Gasteiger partial charge in [-0.3, -0.25) is 9.69 Å². The topological polar surface area (TPSA) is 41.4 Å². The molecule has 2 heterocycles. The highest BCUT2D eigenvalue weighted by Crippen LogP contribution is 2.37. The maximum absolute atomic E-state index is 12.1. The largest absolute Gasteiger partial charge is 0.345 e. The number of nitrogens with zero attached hydrogens (tertiary/aromatic N) is 4. The fourth-order valence-electron chi connectivity index (χ4n) is 3.51. The second-order valence-corrected chi connectivity index (χ2v) is 7.14. The Morgan fingerprint density at radius 2 is 2.17 bits per heavy atom. The van der Waals surface area contributed by atoms with E-state index in [0.717, 1.165) is 31.6 Å². The van der Waals surface area contributed by atoms with E-state index in [9.17, 15) is 4.79 Å². The fourth-order valence-corrected chi connectivity index (χ4v) is 3.51. The van der Waals surface area contributed by atoms with Crippen LogP contribution in [0.5, 0.6) is 0 Å². The van der Waals surface area contributed by atoms with Crippen molar-refractivity contribution in [1.29, 1.82) is 0 Å². The number of carbonyl (C=O) groups is 1. The number of fused-ring (bicyclic) bond motifs is 1. The number of hydrogen-bond acceptors (Lipinski definition) is 3. The van der Waals surface area contributed by atoms with Crippen LogP contribution >= 0.6 is 0 Å². The molecule has 0 saturated heterocycles. The van der Waals surface area contributed by atoms with Crippen LogP contribution in [0.2, 0.25) is 0 Å². The normalized spacial score (nSPS) is 17.6. The molecule has 5 heteroatoms. The molecule has 0 unspecified atom stereocenters. The van der Waals surface area contributed by atoms with Gasteiger partial charge in [-0.05, 0) is 30.5 Å². The van der Waals surface area contributed by atoms with Crippen LogP contribution < -0.4 is 0 Å². The zero-order valence-corrected chi connectivity index (χ0v) is 14.4. The van der Waals surface area contributed by atoms with Crippen LogP contribution in [0.3, 0.4) is 0 Å². The zero-order valence-electron chi connectivity index (χ0n) is 14.4. The Morgan fingerprint density at radius 1 is 1.33 bits per heavy atom. The van der Waals surface area contributed by atoms with Gasteiger partial charge in [0.2, 0.25) is 0 Å². The zero-order chi connectivity index (χ0) is 16.7. The lowest BCUT2D eigenvalue weighted by Crippen LogP contribution is -2.31. The first-order valence-corrected chi connectivity index (χ1v) is 8.69. The molecule has 2 aromatic rings. The lowest BCUT2D eigenvalue weighted by atomic mass is 10.1. The summed E-state index contributed by atoms with van der Waals surface area (Å²) in [6, 6.07) is 8.69. The monoisotopic (exact) mass is 324 g/mol. The molecule has 5 nitrogen and oxygen atoms in total. The summed E-state index contributed by atoms with van der Waals surface area (Å²) in [6.45, 7) is 2.82. The summed E-state index contributed by atoms with van der Waals surface area (Å²) in [7, 11) is 3.58. The van der Waals surface area contributed by atoms with E-state index in [1.54, 1.807) is 19.0 Å². The molecule has 2 aliphatic rings. The first-order valence-electron chi connectivity index (χ1n) is 8.69. The van der Waals surface area contributed by atoms with E-state index in [1.165, 1.54) is 29.8 Å². The molecule has 1 saturated carbocycles. The van der Waals surface area contributed by atoms with Crippen LogP contribution in [0.15, 0.2) is 30.6 Å². The Labute approximate surface area is 142 Å². The Bertz CT molecular complexity index is 760. The summed E-state index contributed by atoms with van der Waals surface area (Å²) >= 11 is 0. The molecule has 0 bridgehead atoms. The Hall–Kier alpha value is -2.14. The Balaban J connectivity index is 1.46. The number of imidazole rings is 1. The molecule has 1 aromatic heterocycles. The van der Waals surface area contributed by atoms with E-state index < -0.39 is 0 Å². The fraction of sp³-hybridized carbons (Fsp3) is 0.474. The SMILES string of the molecule is CN(C)C(=O)c1cccc(CN2CCc3c(ncn3C3CC3)C2)c1. The quantitative estimate of drug-likeness (QED) is 0.867. The van der Waals surface area contributed by atoms with Gasteiger partial charge in [-0.15, -0.1) is 0 Å². The summed E-state index contributed by atoms with van der Waals surface area (Å²) in [4.78, 5) is 20.8. The molecule has 0 spiro atoms. The molecular formula is C19H24N4O. The van der Waals surface area contributed by atoms with Crippen LogP contribution in [0, 0.1) is 0 Å². The molecule has 24 heavy (non-hydrogen) atoms. The maximum atomic E-state index is 12.1. The van der Waals surface area contributed by atoms with Crippen LogP contribution in [-0.2, 0) is 19.5 Å². The predicted molar refractivity (Wildman–Crippen MR) is 92.8 cm³/mol. The van der Waals surface area contributed by atoms with Crippen molar-refractivity contribution in [1.82, 2.24) is 19.4 Å². The van der Waals surface area contributed by atoms with Crippen molar-refractivity contribution in [3.63, 3.8) is 0 Å². The van der Waals surface area contributed by atoms with Crippen LogP contribution in [0.4, 0.5) is 0 Å². The van der Waals surface area contributed by atoms with Gasteiger partial charge in [-0.25, -0.2) is 4.98 Å². The third-order valence-electron chi connectivity index (χ3n) is 4.95. The van der Waals surface area contributed by atoms with Crippen molar-refractivity contribution in [3.05, 3.63) is 53.1 Å². The standard InChI is InChI=1S/C19H24N4O/c1-21(2)19(24)15-5-3-4-14(10-15)11-22-9-8-18-17(12-22)20-13-23(18)16-6-7-16/h3-5,10,13,16H,6-9,11-12H2,1-2H3. The minimum absolute atomic E-state index is 0.0564. The predicted octanol–water partition coefficient (Wildman–Crippen LogP) is 2.48. The average molecular weight is 324 g/mol. The molecule has 126 valence electrons. The molecule has 1 amide bonds. The van der Waals surface area contributed by atoms with Crippen LogP contribution in [0.1, 0.15) is 46.2 Å². The van der Waals surface area contributed by atoms with E-state index in [0.29, 0.717) is 6.04 Å². The Kier molecular flexibility index (Phi) is 3.88. The van der Waals surface area contributed by atoms with Crippen molar-refractivity contribution in [2.45, 2.75) is 38.4 Å². The van der Waals surface area contributed by atoms with Gasteiger partial charge in [0.25, 0.3) is 5.91 Å². The van der Waals surface area contributed by atoms with E-state index in [4.69, 9.17) is 0 Å². The van der Waals surface area contributed by atoms with Crippen molar-refractivity contribution >= 4 is 5.91 Å². The summed E-state index contributed by atoms with van der Waals surface area (Å²) in [5.74, 6) is 0.0564. The molecule has 4 rings (SSSR count). The summed E-state index contributed by atoms with van der Waals surface area (Å²) in [5, 5.41) is 0. The number of carbonyl (C=O) groups excluding carboxylic acids is 1. The molecule has 1 fully saturated rings. The first kappa shape index (κ1) is 15.4. The highest BCUT2D eigenvalue weighted by atomic mass is 16.2. The van der Waals surface area contributed by atoms with Crippen molar-refractivity contribution in [2.75, 3.05) is 20.6 Å². The number of aromatic nitrogens is 2. The summed E-state index contributed by atoms with van der Waals surface area (Å²) < 4.78 is 2.39. The highest BCUT2D eigenvalue weighted by Gasteiger charge is 2.29. The van der Waals surface area contributed by atoms with E-state index in [-0.39, 0.29) is 5.91 Å². The highest BCUT2D eigenvalue weighted by molar-refractivity contribution is 5.94. The minimum atomic E-state index is 0.0564. The number of hydrogen-bond donors (Lipinski definition) is 0.